The van der Waals surface area contributed by atoms with Crippen LogP contribution in [0.2, 0.25) is 0 Å². The number of benzene rings is 1. The van der Waals surface area contributed by atoms with Gasteiger partial charge in [-0.2, -0.15) is 0 Å². The highest BCUT2D eigenvalue weighted by molar-refractivity contribution is 5.94. The van der Waals surface area contributed by atoms with E-state index >= 15 is 0 Å². The quantitative estimate of drug-likeness (QED) is 0.840. The van der Waals surface area contributed by atoms with E-state index in [4.69, 9.17) is 4.74 Å². The Morgan fingerprint density at radius 2 is 1.80 bits per heavy atom. The third-order valence-corrected chi connectivity index (χ3v) is 3.73. The van der Waals surface area contributed by atoms with Crippen molar-refractivity contribution < 1.29 is 9.53 Å². The van der Waals surface area contributed by atoms with Crippen molar-refractivity contribution in [1.82, 2.24) is 4.90 Å². The van der Waals surface area contributed by atoms with E-state index in [-0.39, 0.29) is 5.91 Å². The molecule has 110 valence electrons. The van der Waals surface area contributed by atoms with Crippen molar-refractivity contribution in [2.24, 2.45) is 11.8 Å². The van der Waals surface area contributed by atoms with E-state index in [1.807, 2.05) is 29.2 Å². The molecule has 0 N–H and O–H groups in total. The highest BCUT2D eigenvalue weighted by Gasteiger charge is 2.25. The lowest BCUT2D eigenvalue weighted by Gasteiger charge is -2.35. The zero-order valence-corrected chi connectivity index (χ0v) is 12.8. The molecule has 3 heteroatoms. The summed E-state index contributed by atoms with van der Waals surface area (Å²) in [5.74, 6) is 2.17. The van der Waals surface area contributed by atoms with Crippen LogP contribution in [0.1, 0.15) is 44.0 Å². The molecule has 1 fully saturated rings. The van der Waals surface area contributed by atoms with Gasteiger partial charge >= 0.3 is 0 Å². The van der Waals surface area contributed by atoms with Crippen LogP contribution in [0.3, 0.4) is 0 Å². The number of amides is 1. The first kappa shape index (κ1) is 14.9. The maximum absolute atomic E-state index is 12.5. The van der Waals surface area contributed by atoms with Gasteiger partial charge < -0.3 is 9.64 Å². The number of carbonyl (C=O) groups excluding carboxylic acids is 1. The maximum Gasteiger partial charge on any atom is 0.253 e. The predicted octanol–water partition coefficient (Wildman–Crippen LogP) is 3.59. The molecule has 0 bridgehead atoms. The Morgan fingerprint density at radius 3 is 2.35 bits per heavy atom. The van der Waals surface area contributed by atoms with Crippen LogP contribution in [0, 0.1) is 11.8 Å². The number of piperidine rings is 1. The Morgan fingerprint density at radius 1 is 1.20 bits per heavy atom. The van der Waals surface area contributed by atoms with Crippen molar-refractivity contribution in [3.05, 3.63) is 29.8 Å². The van der Waals surface area contributed by atoms with E-state index in [0.717, 1.165) is 30.8 Å². The zero-order valence-electron chi connectivity index (χ0n) is 12.8. The molecule has 0 aromatic heterocycles. The van der Waals surface area contributed by atoms with Crippen LogP contribution in [0.15, 0.2) is 24.3 Å². The van der Waals surface area contributed by atoms with Gasteiger partial charge in [0.05, 0.1) is 6.61 Å². The number of hydrogen-bond acceptors (Lipinski definition) is 2. The van der Waals surface area contributed by atoms with Crippen molar-refractivity contribution in [3.63, 3.8) is 0 Å². The second kappa shape index (κ2) is 6.78. The summed E-state index contributed by atoms with van der Waals surface area (Å²) in [6.07, 6.45) is 2.21. The molecular formula is C17H25NO2. The van der Waals surface area contributed by atoms with Gasteiger partial charge in [-0.1, -0.05) is 20.8 Å². The fourth-order valence-electron chi connectivity index (χ4n) is 2.92. The van der Waals surface area contributed by atoms with Crippen LogP contribution < -0.4 is 4.74 Å². The molecule has 0 radical (unpaired) electrons. The molecule has 1 saturated heterocycles. The highest BCUT2D eigenvalue weighted by Crippen LogP contribution is 2.23. The van der Waals surface area contributed by atoms with Crippen LogP contribution in [0.5, 0.6) is 5.75 Å². The molecular weight excluding hydrogens is 250 g/mol. The minimum atomic E-state index is 0.144. The lowest BCUT2D eigenvalue weighted by Crippen LogP contribution is -2.42. The zero-order chi connectivity index (χ0) is 14.5. The van der Waals surface area contributed by atoms with Crippen LogP contribution in [0.4, 0.5) is 0 Å². The number of ether oxygens (including phenoxy) is 1. The number of rotatable bonds is 4. The van der Waals surface area contributed by atoms with Gasteiger partial charge in [-0.15, -0.1) is 0 Å². The molecule has 2 unspecified atom stereocenters. The van der Waals surface area contributed by atoms with E-state index in [1.165, 1.54) is 6.42 Å². The summed E-state index contributed by atoms with van der Waals surface area (Å²) >= 11 is 0. The third-order valence-electron chi connectivity index (χ3n) is 3.73. The van der Waals surface area contributed by atoms with Gasteiger partial charge in [0.25, 0.3) is 5.91 Å². The van der Waals surface area contributed by atoms with Crippen molar-refractivity contribution in [2.75, 3.05) is 19.7 Å². The molecule has 20 heavy (non-hydrogen) atoms. The van der Waals surface area contributed by atoms with E-state index in [9.17, 15) is 4.79 Å². The second-order valence-corrected chi connectivity index (χ2v) is 6.03. The summed E-state index contributed by atoms with van der Waals surface area (Å²) < 4.78 is 5.54. The monoisotopic (exact) mass is 275 g/mol. The molecule has 1 amide bonds. The first-order valence-corrected chi connectivity index (χ1v) is 7.62. The fourth-order valence-corrected chi connectivity index (χ4v) is 2.92. The van der Waals surface area contributed by atoms with Crippen LogP contribution in [-0.4, -0.2) is 30.5 Å². The Hall–Kier alpha value is -1.51. The molecule has 0 aliphatic carbocycles. The van der Waals surface area contributed by atoms with Crippen molar-refractivity contribution in [2.45, 2.75) is 33.6 Å². The summed E-state index contributed by atoms with van der Waals surface area (Å²) in [5.41, 5.74) is 0.759. The first-order chi connectivity index (χ1) is 9.60. The average Bonchev–Trinajstić information content (AvgIpc) is 2.44. The normalized spacial score (nSPS) is 22.6. The molecule has 0 spiro atoms. The van der Waals surface area contributed by atoms with Gasteiger partial charge in [0.1, 0.15) is 5.75 Å². The minimum Gasteiger partial charge on any atom is -0.494 e. The van der Waals surface area contributed by atoms with Crippen LogP contribution >= 0.6 is 0 Å². The fraction of sp³-hybridized carbons (Fsp3) is 0.588. The third kappa shape index (κ3) is 3.75. The Kier molecular flexibility index (Phi) is 5.05. The van der Waals surface area contributed by atoms with Gasteiger partial charge in [-0.05, 0) is 48.9 Å². The topological polar surface area (TPSA) is 29.5 Å². The molecule has 2 rings (SSSR count). The number of nitrogens with zero attached hydrogens (tertiary/aromatic N) is 1. The average molecular weight is 275 g/mol. The molecule has 1 aliphatic rings. The van der Waals surface area contributed by atoms with Crippen LogP contribution in [-0.2, 0) is 0 Å². The Labute approximate surface area is 121 Å². The number of carbonyl (C=O) groups is 1. The largest absolute Gasteiger partial charge is 0.494 e. The molecule has 3 nitrogen and oxygen atoms in total. The van der Waals surface area contributed by atoms with Gasteiger partial charge in [-0.3, -0.25) is 4.79 Å². The molecule has 0 saturated carbocycles. The number of likely N-dealkylation sites (tertiary alicyclic amines) is 1. The summed E-state index contributed by atoms with van der Waals surface area (Å²) in [6.45, 7) is 8.98. The minimum absolute atomic E-state index is 0.144. The maximum atomic E-state index is 12.5. The smallest absolute Gasteiger partial charge is 0.253 e. The molecule has 1 aromatic rings. The van der Waals surface area contributed by atoms with Gasteiger partial charge in [0.15, 0.2) is 0 Å². The number of hydrogen-bond donors (Lipinski definition) is 0. The van der Waals surface area contributed by atoms with Gasteiger partial charge in [-0.25, -0.2) is 0 Å². The van der Waals surface area contributed by atoms with Crippen molar-refractivity contribution in [1.29, 1.82) is 0 Å². The molecule has 1 heterocycles. The lowest BCUT2D eigenvalue weighted by atomic mass is 9.91. The SMILES string of the molecule is CCCOc1ccc(C(=O)N2CC(C)CC(C)C2)cc1. The van der Waals surface area contributed by atoms with E-state index in [0.29, 0.717) is 18.4 Å². The highest BCUT2D eigenvalue weighted by atomic mass is 16.5. The van der Waals surface area contributed by atoms with Crippen molar-refractivity contribution >= 4 is 5.91 Å². The van der Waals surface area contributed by atoms with Crippen molar-refractivity contribution in [3.8, 4) is 5.75 Å². The molecule has 1 aliphatic heterocycles. The van der Waals surface area contributed by atoms with Gasteiger partial charge in [0, 0.05) is 18.7 Å². The Bertz CT molecular complexity index is 431. The van der Waals surface area contributed by atoms with Crippen LogP contribution in [0.25, 0.3) is 0 Å². The van der Waals surface area contributed by atoms with Gasteiger partial charge in [0.2, 0.25) is 0 Å². The standard InChI is InChI=1S/C17H25NO2/c1-4-9-20-16-7-5-15(6-8-16)17(19)18-11-13(2)10-14(3)12-18/h5-8,13-14H,4,9-12H2,1-3H3. The summed E-state index contributed by atoms with van der Waals surface area (Å²) in [4.78, 5) is 14.5. The lowest BCUT2D eigenvalue weighted by molar-refractivity contribution is 0.0623. The molecule has 1 aromatic carbocycles. The Balaban J connectivity index is 2.01. The van der Waals surface area contributed by atoms with E-state index in [1.54, 1.807) is 0 Å². The molecule has 2 atom stereocenters. The summed E-state index contributed by atoms with van der Waals surface area (Å²) in [6, 6.07) is 7.52. The predicted molar refractivity (Wildman–Crippen MR) is 81.1 cm³/mol. The summed E-state index contributed by atoms with van der Waals surface area (Å²) in [5, 5.41) is 0. The summed E-state index contributed by atoms with van der Waals surface area (Å²) in [7, 11) is 0. The first-order valence-electron chi connectivity index (χ1n) is 7.62. The van der Waals surface area contributed by atoms with E-state index in [2.05, 4.69) is 20.8 Å². The van der Waals surface area contributed by atoms with E-state index < -0.39 is 0 Å². The second-order valence-electron chi connectivity index (χ2n) is 6.03.